The van der Waals surface area contributed by atoms with Crippen molar-refractivity contribution < 1.29 is 18.8 Å². The van der Waals surface area contributed by atoms with E-state index in [0.717, 1.165) is 11.1 Å². The second-order valence-corrected chi connectivity index (χ2v) is 5.64. The first kappa shape index (κ1) is 17.0. The van der Waals surface area contributed by atoms with E-state index >= 15 is 0 Å². The molecule has 3 aromatic rings. The van der Waals surface area contributed by atoms with E-state index in [1.165, 1.54) is 7.11 Å². The van der Waals surface area contributed by atoms with Gasteiger partial charge in [0.2, 0.25) is 5.82 Å². The first-order valence-corrected chi connectivity index (χ1v) is 7.89. The molecule has 0 N–H and O–H groups in total. The van der Waals surface area contributed by atoms with Crippen molar-refractivity contribution in [2.75, 3.05) is 7.11 Å². The lowest BCUT2D eigenvalue weighted by Crippen LogP contribution is -2.04. The normalized spacial score (nSPS) is 10.5. The SMILES string of the molecule is COC(=O)Cc1ccc(OCc2nc(-c3cccc(Cl)c3)no2)cc1. The molecule has 0 unspecified atom stereocenters. The third kappa shape index (κ3) is 4.58. The number of aromatic nitrogens is 2. The van der Waals surface area contributed by atoms with E-state index in [0.29, 0.717) is 22.5 Å². The largest absolute Gasteiger partial charge is 0.484 e. The minimum atomic E-state index is -0.284. The molecule has 0 fully saturated rings. The molecule has 0 aliphatic carbocycles. The fraction of sp³-hybridized carbons (Fsp3) is 0.167. The number of esters is 1. The molecule has 0 amide bonds. The van der Waals surface area contributed by atoms with Crippen LogP contribution in [0.1, 0.15) is 11.5 Å². The molecule has 7 heteroatoms. The lowest BCUT2D eigenvalue weighted by molar-refractivity contribution is -0.139. The van der Waals surface area contributed by atoms with Crippen molar-refractivity contribution in [2.45, 2.75) is 13.0 Å². The van der Waals surface area contributed by atoms with E-state index in [-0.39, 0.29) is 19.0 Å². The van der Waals surface area contributed by atoms with Crippen molar-refractivity contribution in [1.29, 1.82) is 0 Å². The Balaban J connectivity index is 1.60. The van der Waals surface area contributed by atoms with E-state index < -0.39 is 0 Å². The number of hydrogen-bond acceptors (Lipinski definition) is 6. The smallest absolute Gasteiger partial charge is 0.309 e. The van der Waals surface area contributed by atoms with Crippen LogP contribution in [0.15, 0.2) is 53.1 Å². The van der Waals surface area contributed by atoms with Crippen molar-refractivity contribution in [2.24, 2.45) is 0 Å². The maximum Gasteiger partial charge on any atom is 0.309 e. The molecular weight excluding hydrogens is 344 g/mol. The summed E-state index contributed by atoms with van der Waals surface area (Å²) in [6.45, 7) is 0.143. The molecule has 0 aliphatic heterocycles. The van der Waals surface area contributed by atoms with Crippen LogP contribution in [0.5, 0.6) is 5.75 Å². The summed E-state index contributed by atoms with van der Waals surface area (Å²) in [6.07, 6.45) is 0.226. The maximum atomic E-state index is 11.2. The van der Waals surface area contributed by atoms with Gasteiger partial charge >= 0.3 is 5.97 Å². The van der Waals surface area contributed by atoms with E-state index in [1.54, 1.807) is 36.4 Å². The van der Waals surface area contributed by atoms with Crippen molar-refractivity contribution in [3.8, 4) is 17.1 Å². The fourth-order valence-corrected chi connectivity index (χ4v) is 2.34. The van der Waals surface area contributed by atoms with Crippen molar-refractivity contribution in [3.05, 3.63) is 65.0 Å². The average molecular weight is 359 g/mol. The first-order chi connectivity index (χ1) is 12.1. The van der Waals surface area contributed by atoms with Crippen LogP contribution in [0.25, 0.3) is 11.4 Å². The zero-order valence-corrected chi connectivity index (χ0v) is 14.2. The lowest BCUT2D eigenvalue weighted by atomic mass is 10.1. The lowest BCUT2D eigenvalue weighted by Gasteiger charge is -2.04. The first-order valence-electron chi connectivity index (χ1n) is 7.51. The van der Waals surface area contributed by atoms with Gasteiger partial charge in [0.25, 0.3) is 5.89 Å². The molecule has 3 rings (SSSR count). The molecule has 6 nitrogen and oxygen atoms in total. The van der Waals surface area contributed by atoms with Gasteiger partial charge in [-0.15, -0.1) is 0 Å². The molecular formula is C18H15ClN2O4. The Morgan fingerprint density at radius 1 is 1.20 bits per heavy atom. The highest BCUT2D eigenvalue weighted by atomic mass is 35.5. The van der Waals surface area contributed by atoms with Crippen LogP contribution in [0.3, 0.4) is 0 Å². The number of methoxy groups -OCH3 is 1. The van der Waals surface area contributed by atoms with Crippen LogP contribution in [0, 0.1) is 0 Å². The van der Waals surface area contributed by atoms with Crippen molar-refractivity contribution >= 4 is 17.6 Å². The molecule has 0 saturated carbocycles. The number of halogens is 1. The maximum absolute atomic E-state index is 11.2. The molecule has 25 heavy (non-hydrogen) atoms. The highest BCUT2D eigenvalue weighted by Gasteiger charge is 2.10. The Labute approximate surface area is 149 Å². The minimum absolute atomic E-state index is 0.143. The van der Waals surface area contributed by atoms with E-state index in [4.69, 9.17) is 20.9 Å². The number of hydrogen-bond donors (Lipinski definition) is 0. The Kier molecular flexibility index (Phi) is 5.30. The van der Waals surface area contributed by atoms with Crippen LogP contribution in [0.2, 0.25) is 5.02 Å². The van der Waals surface area contributed by atoms with Crippen LogP contribution in [0.4, 0.5) is 0 Å². The monoisotopic (exact) mass is 358 g/mol. The van der Waals surface area contributed by atoms with Crippen LogP contribution >= 0.6 is 11.6 Å². The molecule has 0 atom stereocenters. The molecule has 1 aromatic heterocycles. The molecule has 1 heterocycles. The number of carbonyl (C=O) groups is 1. The van der Waals surface area contributed by atoms with E-state index in [2.05, 4.69) is 14.9 Å². The summed E-state index contributed by atoms with van der Waals surface area (Å²) < 4.78 is 15.4. The third-order valence-electron chi connectivity index (χ3n) is 3.41. The molecule has 0 saturated heterocycles. The van der Waals surface area contributed by atoms with Gasteiger partial charge in [-0.25, -0.2) is 0 Å². The second kappa shape index (κ2) is 7.81. The molecule has 0 spiro atoms. The minimum Gasteiger partial charge on any atom is -0.484 e. The predicted molar refractivity (Wildman–Crippen MR) is 91.2 cm³/mol. The highest BCUT2D eigenvalue weighted by molar-refractivity contribution is 6.30. The molecule has 128 valence electrons. The summed E-state index contributed by atoms with van der Waals surface area (Å²) in [6, 6.07) is 14.4. The number of rotatable bonds is 6. The predicted octanol–water partition coefficient (Wildman–Crippen LogP) is 3.68. The quantitative estimate of drug-likeness (QED) is 0.626. The summed E-state index contributed by atoms with van der Waals surface area (Å²) in [5.74, 6) is 1.16. The van der Waals surface area contributed by atoms with Gasteiger partial charge in [0.1, 0.15) is 5.75 Å². The van der Waals surface area contributed by atoms with Gasteiger partial charge < -0.3 is 14.0 Å². The van der Waals surface area contributed by atoms with E-state index in [1.807, 2.05) is 12.1 Å². The third-order valence-corrected chi connectivity index (χ3v) is 3.65. The Hall–Kier alpha value is -2.86. The van der Waals surface area contributed by atoms with Crippen LogP contribution in [-0.2, 0) is 22.6 Å². The zero-order chi connectivity index (χ0) is 17.6. The second-order valence-electron chi connectivity index (χ2n) is 5.21. The molecule has 0 bridgehead atoms. The van der Waals surface area contributed by atoms with Crippen LogP contribution in [-0.4, -0.2) is 23.2 Å². The number of carbonyl (C=O) groups excluding carboxylic acids is 1. The summed E-state index contributed by atoms with van der Waals surface area (Å²) >= 11 is 5.96. The summed E-state index contributed by atoms with van der Waals surface area (Å²) in [5, 5.41) is 4.52. The Morgan fingerprint density at radius 2 is 2.00 bits per heavy atom. The Bertz CT molecular complexity index is 862. The van der Waals surface area contributed by atoms with Crippen molar-refractivity contribution in [1.82, 2.24) is 10.1 Å². The summed E-state index contributed by atoms with van der Waals surface area (Å²) in [5.41, 5.74) is 1.62. The van der Waals surface area contributed by atoms with Gasteiger partial charge in [0, 0.05) is 10.6 Å². The van der Waals surface area contributed by atoms with Gasteiger partial charge in [0.05, 0.1) is 13.5 Å². The van der Waals surface area contributed by atoms with Gasteiger partial charge in [-0.05, 0) is 29.8 Å². The number of ether oxygens (including phenoxy) is 2. The average Bonchev–Trinajstić information content (AvgIpc) is 3.10. The molecule has 0 radical (unpaired) electrons. The Morgan fingerprint density at radius 3 is 2.72 bits per heavy atom. The van der Waals surface area contributed by atoms with Gasteiger partial charge in [-0.1, -0.05) is 41.0 Å². The number of benzene rings is 2. The van der Waals surface area contributed by atoms with Gasteiger partial charge in [0.15, 0.2) is 6.61 Å². The van der Waals surface area contributed by atoms with Gasteiger partial charge in [-0.3, -0.25) is 4.79 Å². The zero-order valence-electron chi connectivity index (χ0n) is 13.4. The summed E-state index contributed by atoms with van der Waals surface area (Å²) in [4.78, 5) is 15.5. The highest BCUT2D eigenvalue weighted by Crippen LogP contribution is 2.20. The topological polar surface area (TPSA) is 74.5 Å². The van der Waals surface area contributed by atoms with E-state index in [9.17, 15) is 4.79 Å². The fourth-order valence-electron chi connectivity index (χ4n) is 2.15. The molecule has 0 aliphatic rings. The standard InChI is InChI=1S/C18H15ClN2O4/c1-23-17(22)9-12-5-7-15(8-6-12)24-11-16-20-18(21-25-16)13-3-2-4-14(19)10-13/h2-8,10H,9,11H2,1H3. The van der Waals surface area contributed by atoms with Crippen LogP contribution < -0.4 is 4.74 Å². The summed E-state index contributed by atoms with van der Waals surface area (Å²) in [7, 11) is 1.36. The number of nitrogens with zero attached hydrogens (tertiary/aromatic N) is 2. The molecule has 2 aromatic carbocycles. The van der Waals surface area contributed by atoms with Gasteiger partial charge in [-0.2, -0.15) is 4.98 Å². The van der Waals surface area contributed by atoms with Crippen molar-refractivity contribution in [3.63, 3.8) is 0 Å².